The van der Waals surface area contributed by atoms with Crippen LogP contribution in [0.4, 0.5) is 0 Å². The van der Waals surface area contributed by atoms with Gasteiger partial charge in [-0.15, -0.1) is 0 Å². The highest BCUT2D eigenvalue weighted by molar-refractivity contribution is 5.85. The van der Waals surface area contributed by atoms with E-state index in [-0.39, 0.29) is 18.1 Å². The number of hydrogen-bond donors (Lipinski definition) is 1. The van der Waals surface area contributed by atoms with Crippen LogP contribution in [0.3, 0.4) is 0 Å². The van der Waals surface area contributed by atoms with Crippen LogP contribution in [0.25, 0.3) is 0 Å². The van der Waals surface area contributed by atoms with Crippen LogP contribution in [0.2, 0.25) is 0 Å². The minimum Gasteiger partial charge on any atom is -0.496 e. The second-order valence-electron chi connectivity index (χ2n) is 6.50. The van der Waals surface area contributed by atoms with Gasteiger partial charge in [0, 0.05) is 6.04 Å². The zero-order chi connectivity index (χ0) is 15.1. The van der Waals surface area contributed by atoms with Gasteiger partial charge >= 0.3 is 0 Å². The predicted octanol–water partition coefficient (Wildman–Crippen LogP) is 2.62. The van der Waals surface area contributed by atoms with Crippen LogP contribution in [0.1, 0.15) is 44.0 Å². The molecular formula is C17H24N2O2. The molecule has 1 amide bonds. The molecule has 2 atom stereocenters. The lowest BCUT2D eigenvalue weighted by atomic mass is 10.0. The fourth-order valence-electron chi connectivity index (χ4n) is 3.16. The van der Waals surface area contributed by atoms with Gasteiger partial charge in [0.15, 0.2) is 0 Å². The summed E-state index contributed by atoms with van der Waals surface area (Å²) in [5.74, 6) is 1.45. The first kappa shape index (κ1) is 14.4. The maximum absolute atomic E-state index is 12.7. The lowest BCUT2D eigenvalue weighted by Crippen LogP contribution is -2.35. The van der Waals surface area contributed by atoms with Crippen molar-refractivity contribution in [2.45, 2.75) is 51.9 Å². The Kier molecular flexibility index (Phi) is 3.66. The number of nitrogens with zero attached hydrogens (tertiary/aromatic N) is 1. The van der Waals surface area contributed by atoms with Crippen LogP contribution < -0.4 is 10.1 Å². The molecule has 0 aromatic heterocycles. The van der Waals surface area contributed by atoms with E-state index in [1.165, 1.54) is 0 Å². The number of benzene rings is 1. The first-order valence-electron chi connectivity index (χ1n) is 7.75. The molecule has 1 heterocycles. The number of rotatable bonds is 4. The Hall–Kier alpha value is -1.55. The van der Waals surface area contributed by atoms with Gasteiger partial charge in [-0.25, -0.2) is 0 Å². The summed E-state index contributed by atoms with van der Waals surface area (Å²) in [7, 11) is 1.69. The van der Waals surface area contributed by atoms with Gasteiger partial charge in [0.25, 0.3) is 0 Å². The van der Waals surface area contributed by atoms with Crippen molar-refractivity contribution in [2.24, 2.45) is 5.92 Å². The van der Waals surface area contributed by atoms with Gasteiger partial charge in [-0.05, 0) is 48.9 Å². The number of ether oxygens (including phenoxy) is 1. The molecule has 0 radical (unpaired) electrons. The van der Waals surface area contributed by atoms with Crippen molar-refractivity contribution in [1.29, 1.82) is 0 Å². The number of aryl methyl sites for hydroxylation is 1. The normalized spacial score (nSPS) is 25.8. The van der Waals surface area contributed by atoms with Crippen molar-refractivity contribution < 1.29 is 9.53 Å². The Morgan fingerprint density at radius 2 is 2.05 bits per heavy atom. The summed E-state index contributed by atoms with van der Waals surface area (Å²) < 4.78 is 5.33. The quantitative estimate of drug-likeness (QED) is 0.926. The molecule has 0 bridgehead atoms. The summed E-state index contributed by atoms with van der Waals surface area (Å²) in [6.07, 6.45) is 2.26. The molecule has 1 aromatic carbocycles. The van der Waals surface area contributed by atoms with Crippen molar-refractivity contribution in [3.63, 3.8) is 0 Å². The summed E-state index contributed by atoms with van der Waals surface area (Å²) in [6, 6.07) is 6.53. The van der Waals surface area contributed by atoms with E-state index in [4.69, 9.17) is 4.74 Å². The Morgan fingerprint density at radius 1 is 1.33 bits per heavy atom. The van der Waals surface area contributed by atoms with E-state index in [0.717, 1.165) is 29.7 Å². The number of methoxy groups -OCH3 is 1. The van der Waals surface area contributed by atoms with E-state index in [1.807, 2.05) is 13.0 Å². The largest absolute Gasteiger partial charge is 0.496 e. The molecule has 3 rings (SSSR count). The van der Waals surface area contributed by atoms with Gasteiger partial charge in [0.1, 0.15) is 11.9 Å². The third kappa shape index (κ3) is 2.53. The molecule has 1 saturated carbocycles. The number of amides is 1. The van der Waals surface area contributed by atoms with Crippen LogP contribution in [0.5, 0.6) is 5.75 Å². The van der Waals surface area contributed by atoms with E-state index in [2.05, 4.69) is 36.2 Å². The minimum atomic E-state index is -0.0713. The van der Waals surface area contributed by atoms with E-state index in [9.17, 15) is 4.79 Å². The van der Waals surface area contributed by atoms with E-state index < -0.39 is 0 Å². The Bertz CT molecular complexity index is 552. The van der Waals surface area contributed by atoms with Gasteiger partial charge < -0.3 is 9.64 Å². The summed E-state index contributed by atoms with van der Waals surface area (Å²) in [4.78, 5) is 14.7. The standard InChI is InChI=1S/C17H24N2O2/c1-10(2)15-17(20)19(13-6-7-13)16(18-15)12-5-8-14(21-4)11(3)9-12/h5,8-10,13,15-16,18H,6-7H2,1-4H3. The predicted molar refractivity (Wildman–Crippen MR) is 82.1 cm³/mol. The Balaban J connectivity index is 1.92. The Morgan fingerprint density at radius 3 is 2.57 bits per heavy atom. The van der Waals surface area contributed by atoms with Crippen molar-refractivity contribution >= 4 is 5.91 Å². The van der Waals surface area contributed by atoms with Gasteiger partial charge in [-0.2, -0.15) is 0 Å². The first-order chi connectivity index (χ1) is 10.0. The summed E-state index contributed by atoms with van der Waals surface area (Å²) in [5, 5.41) is 3.53. The average Bonchev–Trinajstić information content (AvgIpc) is 3.21. The van der Waals surface area contributed by atoms with Crippen molar-refractivity contribution in [2.75, 3.05) is 7.11 Å². The molecule has 4 nitrogen and oxygen atoms in total. The zero-order valence-corrected chi connectivity index (χ0v) is 13.2. The minimum absolute atomic E-state index is 0.00186. The topological polar surface area (TPSA) is 41.6 Å². The second-order valence-corrected chi connectivity index (χ2v) is 6.50. The summed E-state index contributed by atoms with van der Waals surface area (Å²) >= 11 is 0. The molecule has 2 unspecified atom stereocenters. The first-order valence-corrected chi connectivity index (χ1v) is 7.75. The molecule has 2 aliphatic rings. The van der Waals surface area contributed by atoms with Crippen LogP contribution in [-0.2, 0) is 4.79 Å². The molecule has 1 aromatic rings. The molecule has 0 spiro atoms. The second kappa shape index (κ2) is 5.34. The molecule has 1 aliphatic heterocycles. The fraction of sp³-hybridized carbons (Fsp3) is 0.588. The molecule has 21 heavy (non-hydrogen) atoms. The van der Waals surface area contributed by atoms with Gasteiger partial charge in [0.05, 0.1) is 13.2 Å². The summed E-state index contributed by atoms with van der Waals surface area (Å²) in [5.41, 5.74) is 2.25. The lowest BCUT2D eigenvalue weighted by Gasteiger charge is -2.25. The van der Waals surface area contributed by atoms with Crippen molar-refractivity contribution in [3.05, 3.63) is 29.3 Å². The monoisotopic (exact) mass is 288 g/mol. The van der Waals surface area contributed by atoms with Crippen molar-refractivity contribution in [3.8, 4) is 5.75 Å². The van der Waals surface area contributed by atoms with Crippen LogP contribution in [0, 0.1) is 12.8 Å². The molecule has 4 heteroatoms. The van der Waals surface area contributed by atoms with E-state index in [0.29, 0.717) is 12.0 Å². The molecule has 1 saturated heterocycles. The molecule has 114 valence electrons. The number of carbonyl (C=O) groups excluding carboxylic acids is 1. The highest BCUT2D eigenvalue weighted by Crippen LogP contribution is 2.39. The molecule has 1 N–H and O–H groups in total. The van der Waals surface area contributed by atoms with Gasteiger partial charge in [-0.3, -0.25) is 10.1 Å². The number of nitrogens with one attached hydrogen (secondary N) is 1. The van der Waals surface area contributed by atoms with Gasteiger partial charge in [-0.1, -0.05) is 19.9 Å². The molecule has 1 aliphatic carbocycles. The maximum atomic E-state index is 12.7. The average molecular weight is 288 g/mol. The van der Waals surface area contributed by atoms with E-state index in [1.54, 1.807) is 7.11 Å². The fourth-order valence-corrected chi connectivity index (χ4v) is 3.16. The van der Waals surface area contributed by atoms with Crippen LogP contribution in [0.15, 0.2) is 18.2 Å². The van der Waals surface area contributed by atoms with Crippen molar-refractivity contribution in [1.82, 2.24) is 10.2 Å². The smallest absolute Gasteiger partial charge is 0.241 e. The third-order valence-corrected chi connectivity index (χ3v) is 4.48. The van der Waals surface area contributed by atoms with E-state index >= 15 is 0 Å². The summed E-state index contributed by atoms with van der Waals surface area (Å²) in [6.45, 7) is 6.24. The Labute approximate surface area is 126 Å². The molecular weight excluding hydrogens is 264 g/mol. The van der Waals surface area contributed by atoms with Crippen LogP contribution >= 0.6 is 0 Å². The third-order valence-electron chi connectivity index (χ3n) is 4.48. The molecule has 2 fully saturated rings. The SMILES string of the molecule is COc1ccc(C2NC(C(C)C)C(=O)N2C2CC2)cc1C. The zero-order valence-electron chi connectivity index (χ0n) is 13.2. The number of hydrogen-bond acceptors (Lipinski definition) is 3. The highest BCUT2D eigenvalue weighted by atomic mass is 16.5. The lowest BCUT2D eigenvalue weighted by molar-refractivity contribution is -0.131. The number of carbonyl (C=O) groups is 1. The van der Waals surface area contributed by atoms with Crippen LogP contribution in [-0.4, -0.2) is 30.0 Å². The highest BCUT2D eigenvalue weighted by Gasteiger charge is 2.47. The maximum Gasteiger partial charge on any atom is 0.241 e. The van der Waals surface area contributed by atoms with Gasteiger partial charge in [0.2, 0.25) is 5.91 Å².